The highest BCUT2D eigenvalue weighted by Gasteiger charge is 2.26. The molecule has 0 saturated carbocycles. The van der Waals surface area contributed by atoms with Gasteiger partial charge in [-0.1, -0.05) is 96.5 Å². The van der Waals surface area contributed by atoms with Gasteiger partial charge in [-0.25, -0.2) is 0 Å². The molecular formula is C26H33F3N4. The van der Waals surface area contributed by atoms with Gasteiger partial charge in [0.1, 0.15) is 18.2 Å². The summed E-state index contributed by atoms with van der Waals surface area (Å²) in [5.74, 6) is 0.297. The van der Waals surface area contributed by atoms with Crippen LogP contribution in [-0.4, -0.2) is 24.4 Å². The number of hydrogen-bond acceptors (Lipinski definition) is 2. The van der Waals surface area contributed by atoms with E-state index >= 15 is 0 Å². The standard InChI is InChI=1S/C13H17F3N2.C13H16N2/c1-12(2,3)10-6-4-9(5-7-10)11(17)18-8-13(14,15)16;1-5-15-12(14)10-6-8-11(9-7-10)13(2,3)4/h4-7H,8H2,1-3H3,(H2,17,18);1,6-9H,2-4H3,(H2,14,15). The van der Waals surface area contributed by atoms with Crippen molar-refractivity contribution in [2.45, 2.75) is 58.5 Å². The molecule has 2 aromatic carbocycles. The Morgan fingerprint density at radius 1 is 0.758 bits per heavy atom. The fourth-order valence-electron chi connectivity index (χ4n) is 2.68. The Morgan fingerprint density at radius 2 is 1.12 bits per heavy atom. The lowest BCUT2D eigenvalue weighted by atomic mass is 9.86. The van der Waals surface area contributed by atoms with E-state index < -0.39 is 12.7 Å². The average molecular weight is 459 g/mol. The van der Waals surface area contributed by atoms with E-state index in [1.54, 1.807) is 12.1 Å². The summed E-state index contributed by atoms with van der Waals surface area (Å²) in [7, 11) is 0. The Labute approximate surface area is 195 Å². The van der Waals surface area contributed by atoms with E-state index in [9.17, 15) is 13.2 Å². The van der Waals surface area contributed by atoms with E-state index in [0.29, 0.717) is 11.4 Å². The zero-order valence-corrected chi connectivity index (χ0v) is 20.1. The SMILES string of the molecule is C#CN=C(N)c1ccc(C(C)(C)C)cc1.CC(C)(C)c1ccc(C(N)=NCC(F)(F)F)cc1. The third-order valence-electron chi connectivity index (χ3n) is 4.71. The van der Waals surface area contributed by atoms with Crippen LogP contribution < -0.4 is 11.5 Å². The van der Waals surface area contributed by atoms with Crippen molar-refractivity contribution in [3.63, 3.8) is 0 Å². The summed E-state index contributed by atoms with van der Waals surface area (Å²) in [6.07, 6.45) is 0.725. The van der Waals surface area contributed by atoms with E-state index in [2.05, 4.69) is 57.6 Å². The van der Waals surface area contributed by atoms with E-state index in [1.165, 1.54) is 5.56 Å². The first-order chi connectivity index (χ1) is 15.0. The van der Waals surface area contributed by atoms with Crippen molar-refractivity contribution in [1.29, 1.82) is 0 Å². The minimum absolute atomic E-state index is 0.00357. The number of rotatable bonds is 3. The molecule has 0 bridgehead atoms. The first kappa shape index (κ1) is 27.8. The van der Waals surface area contributed by atoms with Crippen LogP contribution in [0.3, 0.4) is 0 Å². The number of hydrogen-bond donors (Lipinski definition) is 2. The molecule has 0 unspecified atom stereocenters. The summed E-state index contributed by atoms with van der Waals surface area (Å²) >= 11 is 0. The summed E-state index contributed by atoms with van der Waals surface area (Å²) in [4.78, 5) is 7.04. The van der Waals surface area contributed by atoms with E-state index in [0.717, 1.165) is 11.1 Å². The second-order valence-corrected chi connectivity index (χ2v) is 9.60. The lowest BCUT2D eigenvalue weighted by molar-refractivity contribution is -0.118. The summed E-state index contributed by atoms with van der Waals surface area (Å²) in [6, 6.07) is 17.2. The summed E-state index contributed by atoms with van der Waals surface area (Å²) in [5, 5.41) is 0. The van der Waals surface area contributed by atoms with Crippen molar-refractivity contribution in [1.82, 2.24) is 0 Å². The molecule has 0 aliphatic heterocycles. The van der Waals surface area contributed by atoms with Gasteiger partial charge in [-0.15, -0.1) is 0 Å². The number of nitrogens with zero attached hydrogens (tertiary/aromatic N) is 2. The smallest absolute Gasteiger partial charge is 0.384 e. The highest BCUT2D eigenvalue weighted by atomic mass is 19.4. The number of benzene rings is 2. The number of terminal acetylenes is 1. The molecule has 0 amide bonds. The second kappa shape index (κ2) is 11.0. The number of halogens is 3. The van der Waals surface area contributed by atoms with Crippen LogP contribution in [0, 0.1) is 12.5 Å². The molecule has 2 rings (SSSR count). The molecule has 33 heavy (non-hydrogen) atoms. The first-order valence-corrected chi connectivity index (χ1v) is 10.4. The van der Waals surface area contributed by atoms with Crippen LogP contribution in [-0.2, 0) is 10.8 Å². The third-order valence-corrected chi connectivity index (χ3v) is 4.71. The molecule has 0 fully saturated rings. The van der Waals surface area contributed by atoms with Crippen molar-refractivity contribution in [2.75, 3.05) is 6.54 Å². The predicted octanol–water partition coefficient (Wildman–Crippen LogP) is 5.53. The first-order valence-electron chi connectivity index (χ1n) is 10.4. The molecule has 4 N–H and O–H groups in total. The van der Waals surface area contributed by atoms with E-state index in [1.807, 2.05) is 36.4 Å². The minimum atomic E-state index is -4.32. The molecule has 0 aliphatic carbocycles. The van der Waals surface area contributed by atoms with Crippen molar-refractivity contribution in [3.05, 3.63) is 70.8 Å². The molecule has 0 atom stereocenters. The Balaban J connectivity index is 0.000000335. The van der Waals surface area contributed by atoms with E-state index in [4.69, 9.17) is 17.9 Å². The van der Waals surface area contributed by atoms with Gasteiger partial charge in [-0.2, -0.15) is 18.2 Å². The molecule has 2 aromatic rings. The highest BCUT2D eigenvalue weighted by molar-refractivity contribution is 5.98. The van der Waals surface area contributed by atoms with Crippen molar-refractivity contribution < 1.29 is 13.2 Å². The van der Waals surface area contributed by atoms with Crippen LogP contribution >= 0.6 is 0 Å². The molecule has 7 heteroatoms. The normalized spacial score (nSPS) is 13.1. The maximum Gasteiger partial charge on any atom is 0.408 e. The van der Waals surface area contributed by atoms with Gasteiger partial charge in [0.25, 0.3) is 0 Å². The summed E-state index contributed by atoms with van der Waals surface area (Å²) in [6.45, 7) is 11.4. The van der Waals surface area contributed by atoms with Crippen molar-refractivity contribution in [3.8, 4) is 12.5 Å². The quantitative estimate of drug-likeness (QED) is 0.360. The zero-order chi connectivity index (χ0) is 25.4. The summed E-state index contributed by atoms with van der Waals surface area (Å²) < 4.78 is 36.0. The monoisotopic (exact) mass is 458 g/mol. The van der Waals surface area contributed by atoms with E-state index in [-0.39, 0.29) is 16.7 Å². The molecular weight excluding hydrogens is 425 g/mol. The fraction of sp³-hybridized carbons (Fsp3) is 0.385. The van der Waals surface area contributed by atoms with Crippen LogP contribution in [0.15, 0.2) is 58.5 Å². The van der Waals surface area contributed by atoms with Crippen LogP contribution in [0.2, 0.25) is 0 Å². The number of amidine groups is 2. The number of nitrogens with two attached hydrogens (primary N) is 2. The zero-order valence-electron chi connectivity index (χ0n) is 20.1. The lowest BCUT2D eigenvalue weighted by Crippen LogP contribution is -2.20. The summed E-state index contributed by atoms with van der Waals surface area (Å²) in [5.41, 5.74) is 15.1. The second-order valence-electron chi connectivity index (χ2n) is 9.60. The Hall–Kier alpha value is -3.27. The number of aliphatic imine (C=N–C) groups is 2. The van der Waals surface area contributed by atoms with Gasteiger partial charge >= 0.3 is 6.18 Å². The molecule has 0 radical (unpaired) electrons. The Morgan fingerprint density at radius 3 is 1.42 bits per heavy atom. The van der Waals surface area contributed by atoms with Gasteiger partial charge in [-0.05, 0) is 22.0 Å². The van der Waals surface area contributed by atoms with Gasteiger partial charge in [0.2, 0.25) is 0 Å². The van der Waals surface area contributed by atoms with Gasteiger partial charge in [0.05, 0.1) is 0 Å². The fourth-order valence-corrected chi connectivity index (χ4v) is 2.68. The van der Waals surface area contributed by atoms with Crippen molar-refractivity contribution in [2.24, 2.45) is 21.5 Å². The van der Waals surface area contributed by atoms with Crippen LogP contribution in [0.4, 0.5) is 13.2 Å². The maximum atomic E-state index is 12.0. The minimum Gasteiger partial charge on any atom is -0.384 e. The van der Waals surface area contributed by atoms with Crippen molar-refractivity contribution >= 4 is 11.7 Å². The van der Waals surface area contributed by atoms with Gasteiger partial charge < -0.3 is 11.5 Å². The Bertz CT molecular complexity index is 996. The molecule has 178 valence electrons. The van der Waals surface area contributed by atoms with Gasteiger partial charge in [-0.3, -0.25) is 4.99 Å². The van der Waals surface area contributed by atoms with Crippen LogP contribution in [0.25, 0.3) is 0 Å². The molecule has 0 heterocycles. The molecule has 0 spiro atoms. The van der Waals surface area contributed by atoms with Crippen LogP contribution in [0.1, 0.15) is 63.8 Å². The largest absolute Gasteiger partial charge is 0.408 e. The molecule has 0 aromatic heterocycles. The number of alkyl halides is 3. The predicted molar refractivity (Wildman–Crippen MR) is 131 cm³/mol. The average Bonchev–Trinajstić information content (AvgIpc) is 2.71. The molecule has 0 saturated heterocycles. The third kappa shape index (κ3) is 9.82. The Kier molecular flexibility index (Phi) is 9.29. The van der Waals surface area contributed by atoms with Gasteiger partial charge in [0, 0.05) is 17.2 Å². The molecule has 0 aliphatic rings. The lowest BCUT2D eigenvalue weighted by Gasteiger charge is -2.19. The topological polar surface area (TPSA) is 76.8 Å². The van der Waals surface area contributed by atoms with Crippen LogP contribution in [0.5, 0.6) is 0 Å². The van der Waals surface area contributed by atoms with Gasteiger partial charge in [0.15, 0.2) is 0 Å². The maximum absolute atomic E-state index is 12.0. The molecule has 4 nitrogen and oxygen atoms in total. The highest BCUT2D eigenvalue weighted by Crippen LogP contribution is 2.23.